The predicted octanol–water partition coefficient (Wildman–Crippen LogP) is 1.79. The molecule has 2 heteroatoms. The first kappa shape index (κ1) is 6.50. The maximum absolute atomic E-state index is 7.90. The third-order valence-electron chi connectivity index (χ3n) is 0.636. The minimum atomic E-state index is 0.558. The average molecular weight is 102 g/mol. The third kappa shape index (κ3) is 3.33. The standard InChI is InChI=1S/C5H10O2/c1-3-4-5(2)7-6/h4,6H,3H2,1-2H3/b5-4-. The largest absolute Gasteiger partial charge is 0.345 e. The Labute approximate surface area is 43.3 Å². The fraction of sp³-hybridized carbons (Fsp3) is 0.600. The topological polar surface area (TPSA) is 29.5 Å². The number of hydrogen-bond acceptors (Lipinski definition) is 2. The molecule has 42 valence electrons. The van der Waals surface area contributed by atoms with Crippen molar-refractivity contribution in [3.63, 3.8) is 0 Å². The van der Waals surface area contributed by atoms with E-state index in [-0.39, 0.29) is 0 Å². The van der Waals surface area contributed by atoms with Crippen molar-refractivity contribution in [1.82, 2.24) is 0 Å². The summed E-state index contributed by atoms with van der Waals surface area (Å²) in [5.41, 5.74) is 0. The molecule has 0 bridgehead atoms. The minimum absolute atomic E-state index is 0.558. The Morgan fingerprint density at radius 1 is 1.86 bits per heavy atom. The van der Waals surface area contributed by atoms with E-state index in [4.69, 9.17) is 5.26 Å². The van der Waals surface area contributed by atoms with Gasteiger partial charge in [-0.2, -0.15) is 0 Å². The van der Waals surface area contributed by atoms with E-state index in [9.17, 15) is 0 Å². The molecular formula is C5H10O2. The Kier molecular flexibility index (Phi) is 3.42. The molecule has 0 unspecified atom stereocenters. The molecule has 0 amide bonds. The zero-order chi connectivity index (χ0) is 5.70. The van der Waals surface area contributed by atoms with Gasteiger partial charge in [0.05, 0.1) is 0 Å². The second-order valence-corrected chi connectivity index (χ2v) is 1.31. The molecule has 0 aliphatic heterocycles. The zero-order valence-electron chi connectivity index (χ0n) is 4.64. The van der Waals surface area contributed by atoms with Gasteiger partial charge in [0, 0.05) is 0 Å². The average Bonchev–Trinajstić information content (AvgIpc) is 1.68. The summed E-state index contributed by atoms with van der Waals surface area (Å²) in [5, 5.41) is 7.90. The van der Waals surface area contributed by atoms with Crippen LogP contribution in [-0.2, 0) is 4.89 Å². The molecule has 0 radical (unpaired) electrons. The van der Waals surface area contributed by atoms with Gasteiger partial charge in [-0.05, 0) is 19.4 Å². The van der Waals surface area contributed by atoms with Crippen LogP contribution in [0, 0.1) is 0 Å². The fourth-order valence-electron chi connectivity index (χ4n) is 0.325. The van der Waals surface area contributed by atoms with E-state index in [1.165, 1.54) is 0 Å². The normalized spacial score (nSPS) is 11.6. The highest BCUT2D eigenvalue weighted by Crippen LogP contribution is 1.92. The van der Waals surface area contributed by atoms with Crippen LogP contribution in [0.2, 0.25) is 0 Å². The molecule has 1 N–H and O–H groups in total. The van der Waals surface area contributed by atoms with Crippen LogP contribution in [0.25, 0.3) is 0 Å². The number of allylic oxidation sites excluding steroid dienone is 2. The zero-order valence-corrected chi connectivity index (χ0v) is 4.64. The van der Waals surface area contributed by atoms with Crippen molar-refractivity contribution in [2.24, 2.45) is 0 Å². The molecule has 0 aromatic carbocycles. The molecule has 0 aliphatic rings. The molecule has 0 saturated heterocycles. The molecule has 0 aromatic rings. The molecule has 0 atom stereocenters. The van der Waals surface area contributed by atoms with Crippen molar-refractivity contribution in [3.8, 4) is 0 Å². The third-order valence-corrected chi connectivity index (χ3v) is 0.636. The van der Waals surface area contributed by atoms with Crippen molar-refractivity contribution in [2.45, 2.75) is 20.3 Å². The summed E-state index contributed by atoms with van der Waals surface area (Å²) in [6.07, 6.45) is 2.69. The monoisotopic (exact) mass is 102 g/mol. The second kappa shape index (κ2) is 3.68. The summed E-state index contributed by atoms with van der Waals surface area (Å²) in [6.45, 7) is 3.67. The van der Waals surface area contributed by atoms with Crippen LogP contribution >= 0.6 is 0 Å². The molecule has 0 spiro atoms. The lowest BCUT2D eigenvalue weighted by Crippen LogP contribution is -1.76. The van der Waals surface area contributed by atoms with Gasteiger partial charge in [0.1, 0.15) is 5.76 Å². The molecule has 7 heavy (non-hydrogen) atoms. The second-order valence-electron chi connectivity index (χ2n) is 1.31. The Hall–Kier alpha value is -0.500. The van der Waals surface area contributed by atoms with Gasteiger partial charge in [-0.15, -0.1) is 0 Å². The highest BCUT2D eigenvalue weighted by molar-refractivity contribution is 4.85. The number of rotatable bonds is 2. The summed E-state index contributed by atoms with van der Waals surface area (Å²) >= 11 is 0. The molecule has 0 aromatic heterocycles. The Bertz CT molecular complexity index is 66.5. The van der Waals surface area contributed by atoms with Gasteiger partial charge in [0.15, 0.2) is 0 Å². The van der Waals surface area contributed by atoms with Crippen LogP contribution < -0.4 is 0 Å². The van der Waals surface area contributed by atoms with Crippen molar-refractivity contribution in [2.75, 3.05) is 0 Å². The highest BCUT2D eigenvalue weighted by atomic mass is 17.1. The molecule has 0 aliphatic carbocycles. The van der Waals surface area contributed by atoms with Gasteiger partial charge in [-0.1, -0.05) is 6.92 Å². The first-order chi connectivity index (χ1) is 3.31. The van der Waals surface area contributed by atoms with Gasteiger partial charge in [-0.3, -0.25) is 0 Å². The first-order valence-electron chi connectivity index (χ1n) is 2.29. The summed E-state index contributed by atoms with van der Waals surface area (Å²) in [4.78, 5) is 3.85. The lowest BCUT2D eigenvalue weighted by molar-refractivity contribution is -0.202. The van der Waals surface area contributed by atoms with E-state index >= 15 is 0 Å². The summed E-state index contributed by atoms with van der Waals surface area (Å²) in [7, 11) is 0. The van der Waals surface area contributed by atoms with Crippen LogP contribution in [0.3, 0.4) is 0 Å². The molecule has 0 saturated carbocycles. The van der Waals surface area contributed by atoms with E-state index in [1.807, 2.05) is 6.92 Å². The molecule has 2 nitrogen and oxygen atoms in total. The smallest absolute Gasteiger partial charge is 0.135 e. The summed E-state index contributed by atoms with van der Waals surface area (Å²) in [5.74, 6) is 0.558. The van der Waals surface area contributed by atoms with Gasteiger partial charge >= 0.3 is 0 Å². The maximum Gasteiger partial charge on any atom is 0.135 e. The van der Waals surface area contributed by atoms with E-state index in [2.05, 4.69) is 4.89 Å². The van der Waals surface area contributed by atoms with E-state index in [1.54, 1.807) is 13.0 Å². The summed E-state index contributed by atoms with van der Waals surface area (Å²) in [6, 6.07) is 0. The van der Waals surface area contributed by atoms with Crippen LogP contribution in [0.15, 0.2) is 11.8 Å². The van der Waals surface area contributed by atoms with Crippen LogP contribution in [-0.4, -0.2) is 5.26 Å². The maximum atomic E-state index is 7.90. The summed E-state index contributed by atoms with van der Waals surface area (Å²) < 4.78 is 0. The number of hydrogen-bond donors (Lipinski definition) is 1. The molecule has 0 rings (SSSR count). The van der Waals surface area contributed by atoms with Crippen molar-refractivity contribution < 1.29 is 10.1 Å². The lowest BCUT2D eigenvalue weighted by Gasteiger charge is -1.89. The van der Waals surface area contributed by atoms with E-state index in [0.29, 0.717) is 5.76 Å². The first-order valence-corrected chi connectivity index (χ1v) is 2.29. The van der Waals surface area contributed by atoms with Crippen LogP contribution in [0.5, 0.6) is 0 Å². The van der Waals surface area contributed by atoms with Crippen molar-refractivity contribution in [3.05, 3.63) is 11.8 Å². The van der Waals surface area contributed by atoms with Gasteiger partial charge in [-0.25, -0.2) is 5.26 Å². The minimum Gasteiger partial charge on any atom is -0.345 e. The van der Waals surface area contributed by atoms with Gasteiger partial charge in [0.25, 0.3) is 0 Å². The molecule has 0 heterocycles. The van der Waals surface area contributed by atoms with Gasteiger partial charge in [0.2, 0.25) is 0 Å². The fourth-order valence-corrected chi connectivity index (χ4v) is 0.325. The Morgan fingerprint density at radius 3 is 2.57 bits per heavy atom. The van der Waals surface area contributed by atoms with Crippen molar-refractivity contribution in [1.29, 1.82) is 0 Å². The van der Waals surface area contributed by atoms with Crippen molar-refractivity contribution >= 4 is 0 Å². The van der Waals surface area contributed by atoms with Crippen LogP contribution in [0.1, 0.15) is 20.3 Å². The van der Waals surface area contributed by atoms with E-state index < -0.39 is 0 Å². The highest BCUT2D eigenvalue weighted by Gasteiger charge is 1.79. The molecular weight excluding hydrogens is 92.1 g/mol. The lowest BCUT2D eigenvalue weighted by atomic mass is 10.4. The molecule has 0 fully saturated rings. The SMILES string of the molecule is CC/C=C(/C)OO. The quantitative estimate of drug-likeness (QED) is 0.327. The van der Waals surface area contributed by atoms with Crippen LogP contribution in [0.4, 0.5) is 0 Å². The Balaban J connectivity index is 3.29. The predicted molar refractivity (Wildman–Crippen MR) is 27.8 cm³/mol. The Morgan fingerprint density at radius 2 is 2.43 bits per heavy atom. The van der Waals surface area contributed by atoms with E-state index in [0.717, 1.165) is 6.42 Å². The van der Waals surface area contributed by atoms with Gasteiger partial charge < -0.3 is 4.89 Å².